The third kappa shape index (κ3) is 5.85. The molecule has 0 heterocycles. The van der Waals surface area contributed by atoms with Gasteiger partial charge in [-0.3, -0.25) is 0 Å². The fraction of sp³-hybridized carbons (Fsp3) is 0.625. The van der Waals surface area contributed by atoms with Gasteiger partial charge in [0.1, 0.15) is 6.10 Å². The topological polar surface area (TPSA) is 21.3 Å². The second kappa shape index (κ2) is 6.16. The van der Waals surface area contributed by atoms with Gasteiger partial charge in [0.15, 0.2) is 0 Å². The van der Waals surface area contributed by atoms with Gasteiger partial charge in [-0.25, -0.2) is 0 Å². The minimum Gasteiger partial charge on any atom is -0.464 e. The van der Waals surface area contributed by atoms with Crippen LogP contribution in [0.2, 0.25) is 0 Å². The van der Waals surface area contributed by atoms with Gasteiger partial charge in [-0.15, -0.1) is 0 Å². The van der Waals surface area contributed by atoms with Crippen molar-refractivity contribution in [1.29, 1.82) is 0 Å². The molecule has 0 saturated heterocycles. The van der Waals surface area contributed by atoms with Gasteiger partial charge in [-0.05, 0) is 39.1 Å². The van der Waals surface area contributed by atoms with E-state index in [0.29, 0.717) is 5.17 Å². The Morgan fingerprint density at radius 2 is 2.36 bits per heavy atom. The van der Waals surface area contributed by atoms with E-state index in [1.165, 1.54) is 0 Å². The molecule has 64 valence electrons. The Morgan fingerprint density at radius 1 is 1.73 bits per heavy atom. The summed E-state index contributed by atoms with van der Waals surface area (Å²) in [6, 6.07) is 0. The van der Waals surface area contributed by atoms with Gasteiger partial charge >= 0.3 is 0 Å². The lowest BCUT2D eigenvalue weighted by Gasteiger charge is -2.11. The first-order valence-electron chi connectivity index (χ1n) is 3.78. The van der Waals surface area contributed by atoms with Crippen molar-refractivity contribution >= 4 is 17.4 Å². The Balaban J connectivity index is 3.57. The van der Waals surface area contributed by atoms with Crippen LogP contribution in [-0.2, 0) is 4.74 Å². The van der Waals surface area contributed by atoms with E-state index in [2.05, 4.69) is 5.32 Å². The molecule has 2 nitrogen and oxygen atoms in total. The van der Waals surface area contributed by atoms with E-state index in [1.807, 2.05) is 32.9 Å². The predicted molar refractivity (Wildman–Crippen MR) is 51.6 cm³/mol. The van der Waals surface area contributed by atoms with Crippen molar-refractivity contribution < 1.29 is 4.74 Å². The molecule has 0 saturated carbocycles. The Morgan fingerprint density at radius 3 is 2.82 bits per heavy atom. The SMILES string of the molecule is C/C=C/C(C)OC(=S)NCC. The third-order valence-corrected chi connectivity index (χ3v) is 1.32. The molecule has 0 aromatic heterocycles. The number of nitrogens with one attached hydrogen (secondary N) is 1. The average molecular weight is 173 g/mol. The lowest BCUT2D eigenvalue weighted by atomic mass is 10.4. The van der Waals surface area contributed by atoms with E-state index < -0.39 is 0 Å². The molecule has 1 unspecified atom stereocenters. The van der Waals surface area contributed by atoms with Crippen LogP contribution in [0.5, 0.6) is 0 Å². The van der Waals surface area contributed by atoms with Gasteiger partial charge in [0.05, 0.1) is 0 Å². The predicted octanol–water partition coefficient (Wildman–Crippen LogP) is 1.86. The number of rotatable bonds is 3. The molecule has 0 amide bonds. The maximum Gasteiger partial charge on any atom is 0.257 e. The molecule has 0 spiro atoms. The Labute approximate surface area is 73.6 Å². The standard InChI is InChI=1S/C8H15NOS/c1-4-6-7(3)10-8(11)9-5-2/h4,6-7H,5H2,1-3H3,(H,9,11)/b6-4+. The first-order valence-corrected chi connectivity index (χ1v) is 4.18. The van der Waals surface area contributed by atoms with Crippen LogP contribution in [0.15, 0.2) is 12.2 Å². The molecule has 0 aromatic carbocycles. The summed E-state index contributed by atoms with van der Waals surface area (Å²) < 4.78 is 5.26. The van der Waals surface area contributed by atoms with Crippen LogP contribution in [0.1, 0.15) is 20.8 Å². The fourth-order valence-corrected chi connectivity index (χ4v) is 0.961. The molecule has 3 heteroatoms. The molecule has 1 atom stereocenters. The summed E-state index contributed by atoms with van der Waals surface area (Å²) in [4.78, 5) is 0. The number of thiocarbonyl (C=S) groups is 1. The number of allylic oxidation sites excluding steroid dienone is 1. The summed E-state index contributed by atoms with van der Waals surface area (Å²) in [7, 11) is 0. The Hall–Kier alpha value is -0.570. The van der Waals surface area contributed by atoms with Gasteiger partial charge in [0.2, 0.25) is 0 Å². The molecule has 0 bridgehead atoms. The summed E-state index contributed by atoms with van der Waals surface area (Å²) in [6.07, 6.45) is 3.95. The van der Waals surface area contributed by atoms with E-state index in [0.717, 1.165) is 6.54 Å². The molecule has 0 fully saturated rings. The highest BCUT2D eigenvalue weighted by molar-refractivity contribution is 7.80. The molecule has 0 aliphatic heterocycles. The van der Waals surface area contributed by atoms with Crippen LogP contribution in [0, 0.1) is 0 Å². The molecule has 0 aromatic rings. The van der Waals surface area contributed by atoms with Gasteiger partial charge < -0.3 is 10.1 Å². The van der Waals surface area contributed by atoms with Crippen molar-refractivity contribution in [2.45, 2.75) is 26.9 Å². The van der Waals surface area contributed by atoms with Crippen LogP contribution in [0.3, 0.4) is 0 Å². The van der Waals surface area contributed by atoms with Gasteiger partial charge in [0.25, 0.3) is 5.17 Å². The van der Waals surface area contributed by atoms with Gasteiger partial charge in [-0.2, -0.15) is 0 Å². The summed E-state index contributed by atoms with van der Waals surface area (Å²) in [5.41, 5.74) is 0. The van der Waals surface area contributed by atoms with Crippen molar-refractivity contribution in [1.82, 2.24) is 5.32 Å². The zero-order valence-electron chi connectivity index (χ0n) is 7.26. The van der Waals surface area contributed by atoms with Crippen molar-refractivity contribution in [2.24, 2.45) is 0 Å². The highest BCUT2D eigenvalue weighted by Gasteiger charge is 1.98. The zero-order valence-corrected chi connectivity index (χ0v) is 8.07. The van der Waals surface area contributed by atoms with Crippen molar-refractivity contribution in [3.63, 3.8) is 0 Å². The van der Waals surface area contributed by atoms with Crippen LogP contribution in [0.4, 0.5) is 0 Å². The summed E-state index contributed by atoms with van der Waals surface area (Å²) >= 11 is 4.88. The second-order valence-corrected chi connectivity index (χ2v) is 2.54. The van der Waals surface area contributed by atoms with E-state index in [9.17, 15) is 0 Å². The van der Waals surface area contributed by atoms with Crippen molar-refractivity contribution in [3.05, 3.63) is 12.2 Å². The van der Waals surface area contributed by atoms with Crippen molar-refractivity contribution in [2.75, 3.05) is 6.54 Å². The maximum absolute atomic E-state index is 5.26. The molecule has 0 aliphatic rings. The normalized spacial score (nSPS) is 13.0. The highest BCUT2D eigenvalue weighted by Crippen LogP contribution is 1.93. The fourth-order valence-electron chi connectivity index (χ4n) is 0.665. The van der Waals surface area contributed by atoms with Crippen LogP contribution in [-0.4, -0.2) is 17.8 Å². The summed E-state index contributed by atoms with van der Waals surface area (Å²) in [5, 5.41) is 3.38. The number of ether oxygens (including phenoxy) is 1. The minimum atomic E-state index is 0.0616. The van der Waals surface area contributed by atoms with Crippen LogP contribution in [0.25, 0.3) is 0 Å². The monoisotopic (exact) mass is 173 g/mol. The lowest BCUT2D eigenvalue weighted by Crippen LogP contribution is -2.26. The first kappa shape index (κ1) is 10.4. The largest absolute Gasteiger partial charge is 0.464 e. The number of hydrogen-bond acceptors (Lipinski definition) is 2. The molecule has 0 rings (SSSR count). The molecule has 0 radical (unpaired) electrons. The van der Waals surface area contributed by atoms with E-state index in [1.54, 1.807) is 0 Å². The number of hydrogen-bond donors (Lipinski definition) is 1. The third-order valence-electron chi connectivity index (χ3n) is 1.08. The maximum atomic E-state index is 5.26. The molecular weight excluding hydrogens is 158 g/mol. The lowest BCUT2D eigenvalue weighted by molar-refractivity contribution is 0.251. The van der Waals surface area contributed by atoms with E-state index in [-0.39, 0.29) is 6.10 Å². The molecule has 0 aliphatic carbocycles. The van der Waals surface area contributed by atoms with Gasteiger partial charge in [-0.1, -0.05) is 6.08 Å². The summed E-state index contributed by atoms with van der Waals surface area (Å²) in [6.45, 7) is 6.69. The second-order valence-electron chi connectivity index (χ2n) is 2.17. The molecule has 11 heavy (non-hydrogen) atoms. The molecule has 1 N–H and O–H groups in total. The summed E-state index contributed by atoms with van der Waals surface area (Å²) in [5.74, 6) is 0. The van der Waals surface area contributed by atoms with E-state index >= 15 is 0 Å². The Kier molecular flexibility index (Phi) is 5.84. The van der Waals surface area contributed by atoms with Crippen LogP contribution < -0.4 is 5.32 Å². The Bertz CT molecular complexity index is 145. The van der Waals surface area contributed by atoms with E-state index in [4.69, 9.17) is 17.0 Å². The molecular formula is C8H15NOS. The minimum absolute atomic E-state index is 0.0616. The van der Waals surface area contributed by atoms with Crippen molar-refractivity contribution in [3.8, 4) is 0 Å². The zero-order chi connectivity index (χ0) is 8.69. The smallest absolute Gasteiger partial charge is 0.257 e. The quantitative estimate of drug-likeness (QED) is 0.520. The highest BCUT2D eigenvalue weighted by atomic mass is 32.1. The average Bonchev–Trinajstić information content (AvgIpc) is 1.87. The first-order chi connectivity index (χ1) is 5.20. The van der Waals surface area contributed by atoms with Gasteiger partial charge in [0, 0.05) is 6.54 Å². The van der Waals surface area contributed by atoms with Crippen LogP contribution >= 0.6 is 12.2 Å².